The number of aliphatic hydroxyl groups is 2. The minimum Gasteiger partial charge on any atom is -0.366 e. The van der Waals surface area contributed by atoms with Gasteiger partial charge in [0.2, 0.25) is 0 Å². The molecule has 20 heavy (non-hydrogen) atoms. The van der Waals surface area contributed by atoms with Gasteiger partial charge < -0.3 is 10.2 Å². The van der Waals surface area contributed by atoms with E-state index in [-0.39, 0.29) is 6.61 Å². The summed E-state index contributed by atoms with van der Waals surface area (Å²) in [6, 6.07) is 0. The molecule has 0 saturated carbocycles. The van der Waals surface area contributed by atoms with Crippen LogP contribution in [0.2, 0.25) is 4.47 Å². The van der Waals surface area contributed by atoms with E-state index in [9.17, 15) is 8.42 Å². The van der Waals surface area contributed by atoms with Crippen LogP contribution in [0.1, 0.15) is 30.8 Å². The molecule has 7 nitrogen and oxygen atoms in total. The Kier molecular flexibility index (Phi) is 8.11. The molecule has 0 unspecified atom stereocenters. The normalized spacial score (nSPS) is 11.9. The van der Waals surface area contributed by atoms with E-state index >= 15 is 0 Å². The summed E-state index contributed by atoms with van der Waals surface area (Å²) in [6.07, 6.45) is 1.25. The number of aromatic nitrogens is 1. The molecule has 0 fully saturated rings. The summed E-state index contributed by atoms with van der Waals surface area (Å²) in [4.78, 5) is 5.08. The minimum atomic E-state index is -3.82. The molecule has 0 atom stereocenters. The Hall–Kier alpha value is -0.290. The van der Waals surface area contributed by atoms with E-state index in [2.05, 4.69) is 14.3 Å². The van der Waals surface area contributed by atoms with Gasteiger partial charge in [0.1, 0.15) is 0 Å². The predicted molar refractivity (Wildman–Crippen MR) is 77.8 cm³/mol. The Balaban J connectivity index is 0.000000621. The first-order valence-electron chi connectivity index (χ1n) is 5.62. The molecule has 0 spiro atoms. The zero-order chi connectivity index (χ0) is 16.0. The fourth-order valence-electron chi connectivity index (χ4n) is 1.03. The molecule has 0 amide bonds. The van der Waals surface area contributed by atoms with E-state index < -0.39 is 16.1 Å². The average Bonchev–Trinajstić information content (AvgIpc) is 2.48. The Bertz CT molecular complexity index is 504. The number of nitrogens with two attached hydrogens (primary N) is 1. The van der Waals surface area contributed by atoms with Gasteiger partial charge in [-0.25, -0.2) is 10.1 Å². The van der Waals surface area contributed by atoms with Crippen LogP contribution in [-0.2, 0) is 20.9 Å². The standard InChI is InChI=1S/C7H11ClN2O3S2.C3H8O2/c1-5-6(14-7(8)10-5)3-2-4-13-15(9,11)12;1-3(2,4)5/h2-4H2,1H3,(H2,9,11,12);4-5H,1-2H3. The third-order valence-corrected chi connectivity index (χ3v) is 3.48. The predicted octanol–water partition coefficient (Wildman–Crippen LogP) is 0.965. The summed E-state index contributed by atoms with van der Waals surface area (Å²) in [7, 11) is -3.82. The molecular formula is C10H19ClN2O5S2. The van der Waals surface area contributed by atoms with Gasteiger partial charge in [-0.1, -0.05) is 11.6 Å². The quantitative estimate of drug-likeness (QED) is 0.539. The van der Waals surface area contributed by atoms with Crippen molar-refractivity contribution in [2.45, 2.75) is 39.4 Å². The average molecular weight is 347 g/mol. The van der Waals surface area contributed by atoms with Crippen molar-refractivity contribution in [2.24, 2.45) is 5.14 Å². The lowest BCUT2D eigenvalue weighted by molar-refractivity contribution is -0.127. The first-order chi connectivity index (χ1) is 8.88. The molecule has 0 bridgehead atoms. The molecular weight excluding hydrogens is 328 g/mol. The number of rotatable bonds is 5. The number of thiazole rings is 1. The van der Waals surface area contributed by atoms with Crippen LogP contribution >= 0.6 is 22.9 Å². The fourth-order valence-corrected chi connectivity index (χ4v) is 2.61. The van der Waals surface area contributed by atoms with Crippen molar-refractivity contribution in [3.8, 4) is 0 Å². The summed E-state index contributed by atoms with van der Waals surface area (Å²) in [5.41, 5.74) is 0.876. The van der Waals surface area contributed by atoms with Gasteiger partial charge in [-0.05, 0) is 33.6 Å². The summed E-state index contributed by atoms with van der Waals surface area (Å²) < 4.78 is 25.8. The van der Waals surface area contributed by atoms with Crippen LogP contribution in [-0.4, -0.2) is 36.0 Å². The maximum absolute atomic E-state index is 10.4. The molecule has 0 aliphatic rings. The van der Waals surface area contributed by atoms with E-state index in [1.54, 1.807) is 0 Å². The smallest absolute Gasteiger partial charge is 0.333 e. The van der Waals surface area contributed by atoms with Crippen LogP contribution in [0.3, 0.4) is 0 Å². The highest BCUT2D eigenvalue weighted by Gasteiger charge is 2.07. The van der Waals surface area contributed by atoms with Crippen molar-refractivity contribution in [1.82, 2.24) is 4.98 Å². The lowest BCUT2D eigenvalue weighted by Gasteiger charge is -2.03. The molecule has 118 valence electrons. The third kappa shape index (κ3) is 12.7. The van der Waals surface area contributed by atoms with E-state index in [0.29, 0.717) is 17.3 Å². The van der Waals surface area contributed by atoms with Crippen LogP contribution in [0.4, 0.5) is 0 Å². The second-order valence-corrected chi connectivity index (χ2v) is 7.28. The van der Waals surface area contributed by atoms with Crippen molar-refractivity contribution < 1.29 is 22.8 Å². The molecule has 0 aliphatic heterocycles. The topological polar surface area (TPSA) is 123 Å². The summed E-state index contributed by atoms with van der Waals surface area (Å²) in [5.74, 6) is -1.50. The first-order valence-corrected chi connectivity index (χ1v) is 8.29. The van der Waals surface area contributed by atoms with E-state index in [4.69, 9.17) is 21.8 Å². The van der Waals surface area contributed by atoms with Crippen LogP contribution in [0.15, 0.2) is 0 Å². The van der Waals surface area contributed by atoms with Gasteiger partial charge in [0, 0.05) is 4.88 Å². The van der Waals surface area contributed by atoms with Gasteiger partial charge >= 0.3 is 10.3 Å². The Morgan fingerprint density at radius 1 is 1.45 bits per heavy atom. The number of hydrogen-bond donors (Lipinski definition) is 3. The Morgan fingerprint density at radius 3 is 2.30 bits per heavy atom. The fraction of sp³-hybridized carbons (Fsp3) is 0.700. The number of nitrogens with zero attached hydrogens (tertiary/aromatic N) is 1. The van der Waals surface area contributed by atoms with Crippen LogP contribution in [0, 0.1) is 6.92 Å². The van der Waals surface area contributed by atoms with Gasteiger partial charge in [-0.15, -0.1) is 11.3 Å². The number of halogens is 1. The minimum absolute atomic E-state index is 0.0772. The van der Waals surface area contributed by atoms with Crippen LogP contribution in [0.5, 0.6) is 0 Å². The van der Waals surface area contributed by atoms with E-state index in [1.165, 1.54) is 25.2 Å². The first kappa shape index (κ1) is 19.7. The summed E-state index contributed by atoms with van der Waals surface area (Å²) in [5, 5.41) is 20.8. The van der Waals surface area contributed by atoms with Crippen molar-refractivity contribution >= 4 is 33.2 Å². The molecule has 1 aromatic heterocycles. The van der Waals surface area contributed by atoms with E-state index in [0.717, 1.165) is 10.6 Å². The maximum atomic E-state index is 10.4. The van der Waals surface area contributed by atoms with Gasteiger partial charge in [0.15, 0.2) is 10.3 Å². The van der Waals surface area contributed by atoms with Gasteiger partial charge in [0.25, 0.3) is 0 Å². The molecule has 0 saturated heterocycles. The summed E-state index contributed by atoms with van der Waals surface area (Å²) in [6.45, 7) is 4.53. The zero-order valence-electron chi connectivity index (χ0n) is 11.5. The second-order valence-electron chi connectivity index (χ2n) is 4.39. The van der Waals surface area contributed by atoms with Gasteiger partial charge in [-0.3, -0.25) is 4.18 Å². The Labute approximate surface area is 127 Å². The molecule has 0 radical (unpaired) electrons. The van der Waals surface area contributed by atoms with Crippen molar-refractivity contribution in [2.75, 3.05) is 6.61 Å². The van der Waals surface area contributed by atoms with Crippen molar-refractivity contribution in [1.29, 1.82) is 0 Å². The molecule has 1 aromatic rings. The third-order valence-electron chi connectivity index (χ3n) is 1.66. The van der Waals surface area contributed by atoms with Crippen molar-refractivity contribution in [3.05, 3.63) is 15.0 Å². The highest BCUT2D eigenvalue weighted by atomic mass is 35.5. The molecule has 1 rings (SSSR count). The lowest BCUT2D eigenvalue weighted by atomic mass is 10.2. The van der Waals surface area contributed by atoms with Gasteiger partial charge in [-0.2, -0.15) is 8.42 Å². The monoisotopic (exact) mass is 346 g/mol. The maximum Gasteiger partial charge on any atom is 0.333 e. The SMILES string of the molecule is CC(C)(O)O.Cc1nc(Cl)sc1CCCOS(N)(=O)=O. The molecule has 0 aromatic carbocycles. The highest BCUT2D eigenvalue weighted by Crippen LogP contribution is 2.23. The van der Waals surface area contributed by atoms with Crippen LogP contribution in [0.25, 0.3) is 0 Å². The number of aryl methyl sites for hydroxylation is 2. The van der Waals surface area contributed by atoms with Gasteiger partial charge in [0.05, 0.1) is 12.3 Å². The largest absolute Gasteiger partial charge is 0.366 e. The molecule has 1 heterocycles. The Morgan fingerprint density at radius 2 is 1.95 bits per heavy atom. The molecule has 0 aliphatic carbocycles. The molecule has 10 heteroatoms. The highest BCUT2D eigenvalue weighted by molar-refractivity contribution is 7.84. The lowest BCUT2D eigenvalue weighted by Crippen LogP contribution is -2.16. The van der Waals surface area contributed by atoms with E-state index in [1.807, 2.05) is 6.92 Å². The second kappa shape index (κ2) is 8.23. The molecule has 4 N–H and O–H groups in total. The van der Waals surface area contributed by atoms with Crippen molar-refractivity contribution in [3.63, 3.8) is 0 Å². The summed E-state index contributed by atoms with van der Waals surface area (Å²) >= 11 is 7.10. The van der Waals surface area contributed by atoms with Crippen LogP contribution < -0.4 is 5.14 Å². The number of hydrogen-bond acceptors (Lipinski definition) is 7. The zero-order valence-corrected chi connectivity index (χ0v) is 13.8.